The minimum absolute atomic E-state index is 0.730. The fraction of sp³-hybridized carbons (Fsp3) is 0.0588. The van der Waals surface area contributed by atoms with Gasteiger partial charge in [-0.1, -0.05) is 36.4 Å². The molecule has 2 aromatic rings. The van der Waals surface area contributed by atoms with Crippen LogP contribution >= 0.6 is 0 Å². The van der Waals surface area contributed by atoms with Crippen LogP contribution in [0.2, 0.25) is 0 Å². The third kappa shape index (κ3) is 7.45. The molecule has 0 amide bonds. The van der Waals surface area contributed by atoms with E-state index in [2.05, 4.69) is 36.9 Å². The number of rotatable bonds is 4. The Bertz CT molecular complexity index is 370. The molecule has 0 saturated heterocycles. The summed E-state index contributed by atoms with van der Waals surface area (Å²) in [6, 6.07) is 20.3. The van der Waals surface area contributed by atoms with Crippen LogP contribution in [-0.2, 0) is 0 Å². The average Bonchev–Trinajstić information content (AvgIpc) is 2.53. The summed E-state index contributed by atoms with van der Waals surface area (Å²) in [7, 11) is 0. The Morgan fingerprint density at radius 3 is 1.21 bits per heavy atom. The maximum absolute atomic E-state index is 3.28. The molecule has 2 N–H and O–H groups in total. The monoisotopic (exact) mass is 254 g/mol. The SMILES string of the molecule is C=C.C=C.c1ccc(NCNc2ccccc2)cc1. The van der Waals surface area contributed by atoms with Gasteiger partial charge in [0.05, 0.1) is 6.67 Å². The summed E-state index contributed by atoms with van der Waals surface area (Å²) >= 11 is 0. The van der Waals surface area contributed by atoms with Crippen molar-refractivity contribution in [3.05, 3.63) is 87.0 Å². The second-order valence-electron chi connectivity index (χ2n) is 3.26. The van der Waals surface area contributed by atoms with E-state index in [0.29, 0.717) is 0 Å². The molecule has 0 radical (unpaired) electrons. The Morgan fingerprint density at radius 2 is 0.895 bits per heavy atom. The van der Waals surface area contributed by atoms with Crippen molar-refractivity contribution in [1.29, 1.82) is 0 Å². The van der Waals surface area contributed by atoms with Crippen LogP contribution in [0, 0.1) is 0 Å². The molecule has 0 atom stereocenters. The van der Waals surface area contributed by atoms with E-state index in [1.807, 2.05) is 60.7 Å². The van der Waals surface area contributed by atoms with Gasteiger partial charge in [-0.05, 0) is 24.3 Å². The van der Waals surface area contributed by atoms with Crippen molar-refractivity contribution >= 4 is 11.4 Å². The van der Waals surface area contributed by atoms with Crippen LogP contribution < -0.4 is 10.6 Å². The summed E-state index contributed by atoms with van der Waals surface area (Å²) in [4.78, 5) is 0. The van der Waals surface area contributed by atoms with Gasteiger partial charge < -0.3 is 10.6 Å². The topological polar surface area (TPSA) is 24.1 Å². The zero-order valence-electron chi connectivity index (χ0n) is 11.3. The molecule has 0 saturated carbocycles. The van der Waals surface area contributed by atoms with Gasteiger partial charge in [0.1, 0.15) is 0 Å². The second-order valence-corrected chi connectivity index (χ2v) is 3.26. The summed E-state index contributed by atoms with van der Waals surface area (Å²) in [6.45, 7) is 12.7. The van der Waals surface area contributed by atoms with Crippen LogP contribution in [0.25, 0.3) is 0 Å². The van der Waals surface area contributed by atoms with E-state index in [4.69, 9.17) is 0 Å². The molecule has 2 rings (SSSR count). The largest absolute Gasteiger partial charge is 0.368 e. The summed E-state index contributed by atoms with van der Waals surface area (Å²) in [5.74, 6) is 0. The lowest BCUT2D eigenvalue weighted by Gasteiger charge is -2.08. The van der Waals surface area contributed by atoms with Gasteiger partial charge in [0, 0.05) is 11.4 Å². The lowest BCUT2D eigenvalue weighted by Crippen LogP contribution is -2.11. The molecule has 2 heteroatoms. The highest BCUT2D eigenvalue weighted by molar-refractivity contribution is 5.46. The smallest absolute Gasteiger partial charge is 0.0849 e. The molecule has 2 aromatic carbocycles. The van der Waals surface area contributed by atoms with Crippen molar-refractivity contribution in [2.24, 2.45) is 0 Å². The predicted octanol–water partition coefficient (Wildman–Crippen LogP) is 4.77. The lowest BCUT2D eigenvalue weighted by molar-refractivity contribution is 1.22. The predicted molar refractivity (Wildman–Crippen MR) is 87.5 cm³/mol. The summed E-state index contributed by atoms with van der Waals surface area (Å²) in [5, 5.41) is 6.56. The molecule has 0 aromatic heterocycles. The lowest BCUT2D eigenvalue weighted by atomic mass is 10.3. The van der Waals surface area contributed by atoms with E-state index in [1.165, 1.54) is 0 Å². The normalized spacial score (nSPS) is 8.00. The number of para-hydroxylation sites is 2. The summed E-state index contributed by atoms with van der Waals surface area (Å²) in [6.07, 6.45) is 0. The Morgan fingerprint density at radius 1 is 0.579 bits per heavy atom. The van der Waals surface area contributed by atoms with Crippen molar-refractivity contribution in [3.8, 4) is 0 Å². The van der Waals surface area contributed by atoms with Gasteiger partial charge in [-0.15, -0.1) is 26.3 Å². The molecule has 0 aliphatic heterocycles. The molecule has 0 spiro atoms. The highest BCUT2D eigenvalue weighted by Gasteiger charge is 1.89. The Kier molecular flexibility index (Phi) is 10.4. The van der Waals surface area contributed by atoms with Crippen molar-refractivity contribution in [2.45, 2.75) is 0 Å². The maximum Gasteiger partial charge on any atom is 0.0849 e. The molecule has 0 aliphatic carbocycles. The van der Waals surface area contributed by atoms with Crippen LogP contribution in [0.4, 0.5) is 11.4 Å². The quantitative estimate of drug-likeness (QED) is 0.606. The highest BCUT2D eigenvalue weighted by Crippen LogP contribution is 2.06. The zero-order chi connectivity index (χ0) is 14.3. The first-order valence-corrected chi connectivity index (χ1v) is 6.03. The molecule has 0 fully saturated rings. The van der Waals surface area contributed by atoms with Crippen LogP contribution in [0.1, 0.15) is 0 Å². The number of hydrogen-bond acceptors (Lipinski definition) is 2. The minimum atomic E-state index is 0.730. The third-order valence-corrected chi connectivity index (χ3v) is 2.13. The van der Waals surface area contributed by atoms with E-state index in [0.717, 1.165) is 18.0 Å². The minimum Gasteiger partial charge on any atom is -0.368 e. The summed E-state index contributed by atoms with van der Waals surface area (Å²) < 4.78 is 0. The van der Waals surface area contributed by atoms with Gasteiger partial charge in [-0.2, -0.15) is 0 Å². The van der Waals surface area contributed by atoms with Crippen LogP contribution in [0.5, 0.6) is 0 Å². The maximum atomic E-state index is 3.28. The molecule has 2 nitrogen and oxygen atoms in total. The van der Waals surface area contributed by atoms with E-state index in [-0.39, 0.29) is 0 Å². The average molecular weight is 254 g/mol. The number of anilines is 2. The molecule has 0 aliphatic rings. The second kappa shape index (κ2) is 12.0. The van der Waals surface area contributed by atoms with Crippen LogP contribution in [-0.4, -0.2) is 6.67 Å². The highest BCUT2D eigenvalue weighted by atomic mass is 15.1. The molecular weight excluding hydrogens is 232 g/mol. The fourth-order valence-electron chi connectivity index (χ4n) is 1.36. The number of nitrogens with one attached hydrogen (secondary N) is 2. The molecule has 19 heavy (non-hydrogen) atoms. The Hall–Kier alpha value is -2.48. The van der Waals surface area contributed by atoms with Crippen molar-refractivity contribution in [2.75, 3.05) is 17.3 Å². The van der Waals surface area contributed by atoms with Crippen LogP contribution in [0.3, 0.4) is 0 Å². The van der Waals surface area contributed by atoms with Crippen molar-refractivity contribution in [1.82, 2.24) is 0 Å². The zero-order valence-corrected chi connectivity index (χ0v) is 11.3. The number of hydrogen-bond donors (Lipinski definition) is 2. The van der Waals surface area contributed by atoms with Gasteiger partial charge in [0.25, 0.3) is 0 Å². The van der Waals surface area contributed by atoms with E-state index >= 15 is 0 Å². The van der Waals surface area contributed by atoms with Crippen molar-refractivity contribution < 1.29 is 0 Å². The van der Waals surface area contributed by atoms with Gasteiger partial charge >= 0.3 is 0 Å². The summed E-state index contributed by atoms with van der Waals surface area (Å²) in [5.41, 5.74) is 2.25. The fourth-order valence-corrected chi connectivity index (χ4v) is 1.36. The van der Waals surface area contributed by atoms with Gasteiger partial charge in [-0.3, -0.25) is 0 Å². The van der Waals surface area contributed by atoms with Gasteiger partial charge in [0.2, 0.25) is 0 Å². The van der Waals surface area contributed by atoms with Gasteiger partial charge in [-0.25, -0.2) is 0 Å². The number of benzene rings is 2. The first kappa shape index (κ1) is 16.5. The molecular formula is C17H22N2. The van der Waals surface area contributed by atoms with Crippen LogP contribution in [0.15, 0.2) is 87.0 Å². The first-order valence-electron chi connectivity index (χ1n) is 6.03. The molecule has 0 bridgehead atoms. The van der Waals surface area contributed by atoms with Crippen molar-refractivity contribution in [3.63, 3.8) is 0 Å². The molecule has 0 unspecified atom stereocenters. The third-order valence-electron chi connectivity index (χ3n) is 2.13. The Labute approximate surface area is 116 Å². The Balaban J connectivity index is 0.000000741. The van der Waals surface area contributed by atoms with E-state index in [1.54, 1.807) is 0 Å². The van der Waals surface area contributed by atoms with E-state index in [9.17, 15) is 0 Å². The molecule has 100 valence electrons. The first-order chi connectivity index (χ1) is 9.45. The molecule has 0 heterocycles. The van der Waals surface area contributed by atoms with E-state index < -0.39 is 0 Å². The standard InChI is InChI=1S/C13H14N2.2C2H4/c1-3-7-12(8-4-1)14-11-15-13-9-5-2-6-10-13;2*1-2/h1-10,14-15H,11H2;2*1-2H2. The van der Waals surface area contributed by atoms with Gasteiger partial charge in [0.15, 0.2) is 0 Å².